The van der Waals surface area contributed by atoms with Crippen molar-refractivity contribution >= 4 is 49.3 Å². The van der Waals surface area contributed by atoms with E-state index < -0.39 is 5.91 Å². The van der Waals surface area contributed by atoms with Gasteiger partial charge in [0, 0.05) is 20.8 Å². The molecule has 152 valence electrons. The molecular weight excluding hydrogens is 456 g/mol. The molecule has 0 saturated carbocycles. The summed E-state index contributed by atoms with van der Waals surface area (Å²) in [5, 5.41) is 20.5. The highest BCUT2D eigenvalue weighted by Crippen LogP contribution is 2.39. The number of azo groups is 1. The van der Waals surface area contributed by atoms with E-state index in [-0.39, 0.29) is 11.6 Å². The number of amides is 1. The average Bonchev–Trinajstić information content (AvgIpc) is 3.32. The Balaban J connectivity index is 1.51. The third kappa shape index (κ3) is 3.64. The standard InChI is InChI=1S/C24H17BrN4O2/c25-17-10-11-19-16(12-17)13-20(26-19)23(30)28-27-22-18-8-4-5-9-21(18)29(24(22)31)14-15-6-2-1-3-7-15/h1-13,26,31H,14H2. The van der Waals surface area contributed by atoms with Crippen molar-refractivity contribution in [2.45, 2.75) is 6.54 Å². The first-order valence-electron chi connectivity index (χ1n) is 9.68. The molecule has 5 rings (SSSR count). The number of halogens is 1. The van der Waals surface area contributed by atoms with Crippen molar-refractivity contribution in [1.29, 1.82) is 0 Å². The summed E-state index contributed by atoms with van der Waals surface area (Å²) in [6.45, 7) is 0.480. The fraction of sp³-hybridized carbons (Fsp3) is 0.0417. The minimum absolute atomic E-state index is 0.0258. The van der Waals surface area contributed by atoms with Crippen molar-refractivity contribution in [2.75, 3.05) is 0 Å². The molecule has 0 saturated heterocycles. The third-order valence-corrected chi connectivity index (χ3v) is 5.65. The quantitative estimate of drug-likeness (QED) is 0.290. The van der Waals surface area contributed by atoms with E-state index in [4.69, 9.17) is 0 Å². The second-order valence-electron chi connectivity index (χ2n) is 7.18. The van der Waals surface area contributed by atoms with Crippen LogP contribution in [0.3, 0.4) is 0 Å². The summed E-state index contributed by atoms with van der Waals surface area (Å²) in [6, 6.07) is 24.8. The summed E-state index contributed by atoms with van der Waals surface area (Å²) < 4.78 is 2.69. The number of nitrogens with zero attached hydrogens (tertiary/aromatic N) is 3. The van der Waals surface area contributed by atoms with Gasteiger partial charge in [-0.15, -0.1) is 10.2 Å². The lowest BCUT2D eigenvalue weighted by Gasteiger charge is -2.06. The molecular formula is C24H17BrN4O2. The summed E-state index contributed by atoms with van der Waals surface area (Å²) in [5.41, 5.74) is 3.32. The molecule has 3 aromatic carbocycles. The van der Waals surface area contributed by atoms with Crippen molar-refractivity contribution in [2.24, 2.45) is 10.2 Å². The molecule has 5 aromatic rings. The molecule has 2 heterocycles. The van der Waals surface area contributed by atoms with Crippen molar-refractivity contribution in [3.8, 4) is 5.88 Å². The largest absolute Gasteiger partial charge is 0.493 e. The van der Waals surface area contributed by atoms with Crippen LogP contribution >= 0.6 is 15.9 Å². The Bertz CT molecular complexity index is 1450. The zero-order valence-electron chi connectivity index (χ0n) is 16.3. The maximum Gasteiger partial charge on any atom is 0.311 e. The molecule has 31 heavy (non-hydrogen) atoms. The molecule has 0 radical (unpaired) electrons. The van der Waals surface area contributed by atoms with Gasteiger partial charge in [0.15, 0.2) is 5.69 Å². The van der Waals surface area contributed by atoms with Gasteiger partial charge in [-0.3, -0.25) is 4.79 Å². The maximum atomic E-state index is 12.6. The van der Waals surface area contributed by atoms with Crippen molar-refractivity contribution in [1.82, 2.24) is 9.55 Å². The number of aromatic nitrogens is 2. The summed E-state index contributed by atoms with van der Waals surface area (Å²) in [6.07, 6.45) is 0. The number of aromatic amines is 1. The normalized spacial score (nSPS) is 11.6. The number of rotatable bonds is 4. The molecule has 6 nitrogen and oxygen atoms in total. The van der Waals surface area contributed by atoms with Gasteiger partial charge in [-0.2, -0.15) is 0 Å². The topological polar surface area (TPSA) is 82.7 Å². The van der Waals surface area contributed by atoms with Crippen LogP contribution in [0.2, 0.25) is 0 Å². The number of hydrogen-bond acceptors (Lipinski definition) is 3. The molecule has 0 aliphatic rings. The smallest absolute Gasteiger partial charge is 0.311 e. The molecule has 7 heteroatoms. The van der Waals surface area contributed by atoms with Crippen molar-refractivity contribution in [3.05, 3.63) is 94.6 Å². The predicted molar refractivity (Wildman–Crippen MR) is 124 cm³/mol. The third-order valence-electron chi connectivity index (χ3n) is 5.15. The Labute approximate surface area is 186 Å². The molecule has 2 aromatic heterocycles. The molecule has 0 fully saturated rings. The lowest BCUT2D eigenvalue weighted by Crippen LogP contribution is -1.98. The minimum atomic E-state index is -0.508. The van der Waals surface area contributed by atoms with E-state index in [9.17, 15) is 9.90 Å². The molecule has 0 unspecified atom stereocenters. The van der Waals surface area contributed by atoms with E-state index in [0.29, 0.717) is 12.2 Å². The van der Waals surface area contributed by atoms with Crippen LogP contribution in [0.25, 0.3) is 21.8 Å². The molecule has 0 bridgehead atoms. The van der Waals surface area contributed by atoms with Gasteiger partial charge in [-0.25, -0.2) is 0 Å². The number of carbonyl (C=O) groups excluding carboxylic acids is 1. The van der Waals surface area contributed by atoms with Crippen LogP contribution in [0.1, 0.15) is 16.1 Å². The monoisotopic (exact) mass is 472 g/mol. The van der Waals surface area contributed by atoms with E-state index in [0.717, 1.165) is 31.8 Å². The van der Waals surface area contributed by atoms with Crippen LogP contribution in [-0.4, -0.2) is 20.6 Å². The summed E-state index contributed by atoms with van der Waals surface area (Å²) >= 11 is 3.43. The zero-order valence-corrected chi connectivity index (χ0v) is 17.9. The molecule has 2 N–H and O–H groups in total. The Kier molecular flexibility index (Phi) is 4.88. The van der Waals surface area contributed by atoms with Crippen LogP contribution in [0.5, 0.6) is 5.88 Å². The van der Waals surface area contributed by atoms with Gasteiger partial charge < -0.3 is 14.7 Å². The maximum absolute atomic E-state index is 12.6. The highest BCUT2D eigenvalue weighted by molar-refractivity contribution is 9.10. The van der Waals surface area contributed by atoms with E-state index in [1.54, 1.807) is 10.6 Å². The summed E-state index contributed by atoms with van der Waals surface area (Å²) in [4.78, 5) is 15.7. The second-order valence-corrected chi connectivity index (χ2v) is 8.10. The number of hydrogen-bond donors (Lipinski definition) is 2. The first-order chi connectivity index (χ1) is 15.1. The number of fused-ring (bicyclic) bond motifs is 2. The number of H-pyrrole nitrogens is 1. The fourth-order valence-corrected chi connectivity index (χ4v) is 4.04. The van der Waals surface area contributed by atoms with Crippen LogP contribution in [0.15, 0.2) is 93.6 Å². The Morgan fingerprint density at radius 3 is 2.61 bits per heavy atom. The van der Waals surface area contributed by atoms with Gasteiger partial charge >= 0.3 is 5.91 Å². The molecule has 0 aliphatic heterocycles. The van der Waals surface area contributed by atoms with Crippen molar-refractivity contribution in [3.63, 3.8) is 0 Å². The summed E-state index contributed by atoms with van der Waals surface area (Å²) in [7, 11) is 0. The number of benzene rings is 3. The number of nitrogens with one attached hydrogen (secondary N) is 1. The van der Waals surface area contributed by atoms with Gasteiger partial charge in [-0.1, -0.05) is 64.5 Å². The SMILES string of the molecule is O=C(N=Nc1c(O)n(Cc2ccccc2)c2ccccc12)c1cc2cc(Br)ccc2[nH]1. The average molecular weight is 473 g/mol. The van der Waals surface area contributed by atoms with Crippen LogP contribution in [0.4, 0.5) is 5.69 Å². The highest BCUT2D eigenvalue weighted by atomic mass is 79.9. The lowest BCUT2D eigenvalue weighted by molar-refractivity contribution is 0.0991. The van der Waals surface area contributed by atoms with Gasteiger partial charge in [0.05, 0.1) is 12.1 Å². The van der Waals surface area contributed by atoms with E-state index >= 15 is 0 Å². The number of aromatic hydroxyl groups is 1. The van der Waals surface area contributed by atoms with E-state index in [1.165, 1.54) is 0 Å². The Morgan fingerprint density at radius 1 is 1.00 bits per heavy atom. The van der Waals surface area contributed by atoms with Crippen LogP contribution < -0.4 is 0 Å². The van der Waals surface area contributed by atoms with E-state index in [1.807, 2.05) is 72.8 Å². The molecule has 0 atom stereocenters. The minimum Gasteiger partial charge on any atom is -0.493 e. The van der Waals surface area contributed by atoms with Gasteiger partial charge in [-0.05, 0) is 35.9 Å². The highest BCUT2D eigenvalue weighted by Gasteiger charge is 2.17. The lowest BCUT2D eigenvalue weighted by atomic mass is 10.2. The molecule has 0 aliphatic carbocycles. The zero-order chi connectivity index (χ0) is 21.4. The number of carbonyl (C=O) groups is 1. The van der Waals surface area contributed by atoms with Crippen LogP contribution in [0, 0.1) is 0 Å². The molecule has 1 amide bonds. The van der Waals surface area contributed by atoms with E-state index in [2.05, 4.69) is 31.1 Å². The fourth-order valence-electron chi connectivity index (χ4n) is 3.66. The first kappa shape index (κ1) is 19.3. The predicted octanol–water partition coefficient (Wildman–Crippen LogP) is 6.56. The van der Waals surface area contributed by atoms with Gasteiger partial charge in [0.1, 0.15) is 5.69 Å². The first-order valence-corrected chi connectivity index (χ1v) is 10.5. The van der Waals surface area contributed by atoms with Gasteiger partial charge in [0.25, 0.3) is 0 Å². The van der Waals surface area contributed by atoms with Crippen LogP contribution in [-0.2, 0) is 6.54 Å². The Hall–Kier alpha value is -3.71. The molecule has 0 spiro atoms. The number of para-hydroxylation sites is 1. The van der Waals surface area contributed by atoms with Gasteiger partial charge in [0.2, 0.25) is 5.88 Å². The van der Waals surface area contributed by atoms with Crippen molar-refractivity contribution < 1.29 is 9.90 Å². The second kappa shape index (κ2) is 7.85. The summed E-state index contributed by atoms with van der Waals surface area (Å²) in [5.74, 6) is -0.534. The Morgan fingerprint density at radius 2 is 1.77 bits per heavy atom.